The Hall–Kier alpha value is -1.75. The molecule has 1 N–H and O–H groups in total. The molecule has 0 aliphatic carbocycles. The van der Waals surface area contributed by atoms with Gasteiger partial charge in [0.25, 0.3) is 0 Å². The van der Waals surface area contributed by atoms with E-state index in [1.807, 2.05) is 6.07 Å². The molecule has 5 nitrogen and oxygen atoms in total. The van der Waals surface area contributed by atoms with Gasteiger partial charge in [0.1, 0.15) is 0 Å². The molecule has 132 valence electrons. The molecule has 0 saturated carbocycles. The van der Waals surface area contributed by atoms with Gasteiger partial charge in [0, 0.05) is 31.1 Å². The fourth-order valence-corrected chi connectivity index (χ4v) is 3.54. The minimum atomic E-state index is 0.228. The van der Waals surface area contributed by atoms with E-state index in [0.29, 0.717) is 5.92 Å². The second-order valence-corrected chi connectivity index (χ2v) is 6.79. The van der Waals surface area contributed by atoms with E-state index in [2.05, 4.69) is 41.5 Å². The minimum Gasteiger partial charge on any atom is -0.493 e. The van der Waals surface area contributed by atoms with E-state index in [9.17, 15) is 0 Å². The standard InChI is InChI=1S/C19H29N3O2/c1-4-5-6-11-24-17-8-7-14(12-18(17)23-3)19-15-13-22(2)10-9-16(15)20-21-19/h7-8,12,15,19,21H,4-6,9-11,13H2,1-3H3. The molecule has 2 heterocycles. The van der Waals surface area contributed by atoms with Crippen LogP contribution in [0.5, 0.6) is 11.5 Å². The van der Waals surface area contributed by atoms with Gasteiger partial charge in [0.05, 0.1) is 19.8 Å². The fraction of sp³-hybridized carbons (Fsp3) is 0.632. The van der Waals surface area contributed by atoms with E-state index in [0.717, 1.165) is 44.0 Å². The van der Waals surface area contributed by atoms with Crippen LogP contribution in [0, 0.1) is 5.92 Å². The van der Waals surface area contributed by atoms with Crippen molar-refractivity contribution < 1.29 is 9.47 Å². The summed E-state index contributed by atoms with van der Waals surface area (Å²) in [4.78, 5) is 2.38. The number of ether oxygens (including phenoxy) is 2. The number of nitrogens with zero attached hydrogens (tertiary/aromatic N) is 2. The molecule has 2 unspecified atom stereocenters. The van der Waals surface area contributed by atoms with Gasteiger partial charge in [-0.05, 0) is 31.2 Å². The lowest BCUT2D eigenvalue weighted by Crippen LogP contribution is -2.39. The number of nitrogens with one attached hydrogen (secondary N) is 1. The summed E-state index contributed by atoms with van der Waals surface area (Å²) in [6.45, 7) is 5.08. The molecule has 0 bridgehead atoms. The Morgan fingerprint density at radius 1 is 1.29 bits per heavy atom. The molecule has 1 saturated heterocycles. The normalized spacial score (nSPS) is 23.4. The highest BCUT2D eigenvalue weighted by Crippen LogP contribution is 2.36. The third kappa shape index (κ3) is 3.66. The molecule has 2 atom stereocenters. The van der Waals surface area contributed by atoms with Crippen LogP contribution in [0.4, 0.5) is 0 Å². The minimum absolute atomic E-state index is 0.228. The van der Waals surface area contributed by atoms with Gasteiger partial charge in [-0.15, -0.1) is 0 Å². The average Bonchev–Trinajstić information content (AvgIpc) is 3.01. The van der Waals surface area contributed by atoms with Gasteiger partial charge in [-0.1, -0.05) is 25.8 Å². The van der Waals surface area contributed by atoms with Crippen LogP contribution in [0.3, 0.4) is 0 Å². The highest BCUT2D eigenvalue weighted by Gasteiger charge is 2.36. The number of piperidine rings is 1. The molecule has 1 fully saturated rings. The van der Waals surface area contributed by atoms with Gasteiger partial charge >= 0.3 is 0 Å². The summed E-state index contributed by atoms with van der Waals surface area (Å²) in [6.07, 6.45) is 4.53. The summed E-state index contributed by atoms with van der Waals surface area (Å²) in [5, 5.41) is 4.57. The van der Waals surface area contributed by atoms with Crippen LogP contribution in [0.25, 0.3) is 0 Å². The maximum atomic E-state index is 5.89. The first kappa shape index (κ1) is 17.1. The molecular weight excluding hydrogens is 302 g/mol. The first-order chi connectivity index (χ1) is 11.7. The van der Waals surface area contributed by atoms with Gasteiger partial charge in [0.2, 0.25) is 0 Å². The summed E-state index contributed by atoms with van der Waals surface area (Å²) < 4.78 is 11.4. The van der Waals surface area contributed by atoms with E-state index < -0.39 is 0 Å². The Morgan fingerprint density at radius 3 is 2.96 bits per heavy atom. The van der Waals surface area contributed by atoms with E-state index in [-0.39, 0.29) is 6.04 Å². The highest BCUT2D eigenvalue weighted by atomic mass is 16.5. The summed E-state index contributed by atoms with van der Waals surface area (Å²) in [5.41, 5.74) is 5.85. The van der Waals surface area contributed by atoms with Gasteiger partial charge in [0.15, 0.2) is 11.5 Å². The molecule has 0 spiro atoms. The van der Waals surface area contributed by atoms with Crippen molar-refractivity contribution in [2.75, 3.05) is 33.9 Å². The number of likely N-dealkylation sites (tertiary alicyclic amines) is 1. The smallest absolute Gasteiger partial charge is 0.161 e. The maximum absolute atomic E-state index is 5.89. The van der Waals surface area contributed by atoms with Crippen LogP contribution < -0.4 is 14.9 Å². The van der Waals surface area contributed by atoms with Crippen LogP contribution in [-0.2, 0) is 0 Å². The van der Waals surface area contributed by atoms with Crippen LogP contribution in [0.15, 0.2) is 23.3 Å². The van der Waals surface area contributed by atoms with Crippen molar-refractivity contribution >= 4 is 5.71 Å². The Bertz CT molecular complexity index is 588. The molecule has 0 radical (unpaired) electrons. The van der Waals surface area contributed by atoms with Crippen molar-refractivity contribution in [3.63, 3.8) is 0 Å². The van der Waals surface area contributed by atoms with E-state index in [4.69, 9.17) is 9.47 Å². The zero-order valence-electron chi connectivity index (χ0n) is 15.0. The molecule has 1 aromatic carbocycles. The summed E-state index contributed by atoms with van der Waals surface area (Å²) in [6, 6.07) is 6.50. The van der Waals surface area contributed by atoms with Crippen LogP contribution in [-0.4, -0.2) is 44.5 Å². The Morgan fingerprint density at radius 2 is 2.17 bits per heavy atom. The number of hydrogen-bond acceptors (Lipinski definition) is 5. The van der Waals surface area contributed by atoms with Gasteiger partial charge in [-0.25, -0.2) is 0 Å². The first-order valence-corrected chi connectivity index (χ1v) is 9.04. The number of unbranched alkanes of at least 4 members (excludes halogenated alkanes) is 2. The molecule has 5 heteroatoms. The topological polar surface area (TPSA) is 46.1 Å². The number of fused-ring (bicyclic) bond motifs is 1. The van der Waals surface area contributed by atoms with Crippen LogP contribution in [0.1, 0.15) is 44.2 Å². The second kappa shape index (κ2) is 7.88. The summed E-state index contributed by atoms with van der Waals surface area (Å²) in [5.74, 6) is 2.09. The number of hydrazone groups is 1. The molecule has 24 heavy (non-hydrogen) atoms. The largest absolute Gasteiger partial charge is 0.493 e. The lowest BCUT2D eigenvalue weighted by molar-refractivity contribution is 0.271. The molecular formula is C19H29N3O2. The van der Waals surface area contributed by atoms with Crippen molar-refractivity contribution in [1.29, 1.82) is 0 Å². The molecule has 1 aromatic rings. The van der Waals surface area contributed by atoms with Crippen molar-refractivity contribution in [3.8, 4) is 11.5 Å². The van der Waals surface area contributed by atoms with Crippen molar-refractivity contribution in [3.05, 3.63) is 23.8 Å². The van der Waals surface area contributed by atoms with Crippen LogP contribution >= 0.6 is 0 Å². The predicted octanol–water partition coefficient (Wildman–Crippen LogP) is 3.22. The third-order valence-corrected chi connectivity index (χ3v) is 4.99. The Kier molecular flexibility index (Phi) is 5.61. The van der Waals surface area contributed by atoms with Crippen LogP contribution in [0.2, 0.25) is 0 Å². The first-order valence-electron chi connectivity index (χ1n) is 9.04. The SMILES string of the molecule is CCCCCOc1ccc(C2NN=C3CCN(C)CC32)cc1OC. The lowest BCUT2D eigenvalue weighted by Gasteiger charge is -2.31. The van der Waals surface area contributed by atoms with E-state index in [1.54, 1.807) is 7.11 Å². The van der Waals surface area contributed by atoms with E-state index in [1.165, 1.54) is 24.1 Å². The summed E-state index contributed by atoms with van der Waals surface area (Å²) in [7, 11) is 3.89. The van der Waals surface area contributed by atoms with Gasteiger partial charge < -0.3 is 19.8 Å². The number of rotatable bonds is 7. The average molecular weight is 331 g/mol. The quantitative estimate of drug-likeness (QED) is 0.779. The highest BCUT2D eigenvalue weighted by molar-refractivity contribution is 5.89. The number of hydrogen-bond donors (Lipinski definition) is 1. The third-order valence-electron chi connectivity index (χ3n) is 4.99. The zero-order valence-corrected chi connectivity index (χ0v) is 15.0. The second-order valence-electron chi connectivity index (χ2n) is 6.79. The van der Waals surface area contributed by atoms with Crippen molar-refractivity contribution in [2.45, 2.75) is 38.6 Å². The zero-order chi connectivity index (χ0) is 16.9. The monoisotopic (exact) mass is 331 g/mol. The van der Waals surface area contributed by atoms with Crippen molar-refractivity contribution in [1.82, 2.24) is 10.3 Å². The molecule has 0 amide bonds. The molecule has 3 rings (SSSR count). The van der Waals surface area contributed by atoms with Gasteiger partial charge in [-0.2, -0.15) is 5.10 Å². The number of methoxy groups -OCH3 is 1. The Labute approximate surface area is 145 Å². The predicted molar refractivity (Wildman–Crippen MR) is 96.9 cm³/mol. The fourth-order valence-electron chi connectivity index (χ4n) is 3.54. The molecule has 2 aliphatic rings. The van der Waals surface area contributed by atoms with Gasteiger partial charge in [-0.3, -0.25) is 0 Å². The van der Waals surface area contributed by atoms with Crippen molar-refractivity contribution in [2.24, 2.45) is 11.0 Å². The number of benzene rings is 1. The maximum Gasteiger partial charge on any atom is 0.161 e. The molecule has 2 aliphatic heterocycles. The lowest BCUT2D eigenvalue weighted by atomic mass is 9.86. The van der Waals surface area contributed by atoms with E-state index >= 15 is 0 Å². The Balaban J connectivity index is 1.70. The molecule has 0 aromatic heterocycles. The summed E-state index contributed by atoms with van der Waals surface area (Å²) >= 11 is 0.